The highest BCUT2D eigenvalue weighted by Crippen LogP contribution is 2.75. The number of carbonyl (C=O) groups is 4. The van der Waals surface area contributed by atoms with Gasteiger partial charge < -0.3 is 19.6 Å². The first kappa shape index (κ1) is 42.5. The molecule has 9 nitrogen and oxygen atoms in total. The van der Waals surface area contributed by atoms with Crippen LogP contribution in [0.5, 0.6) is 0 Å². The smallest absolute Gasteiger partial charge is 0.309 e. The minimum atomic E-state index is -1.16. The fourth-order valence-corrected chi connectivity index (χ4v) is 13.5. The van der Waals surface area contributed by atoms with Crippen molar-refractivity contribution < 1.29 is 29.0 Å². The summed E-state index contributed by atoms with van der Waals surface area (Å²) in [4.78, 5) is 61.4. The van der Waals surface area contributed by atoms with E-state index in [1.165, 1.54) is 5.57 Å². The van der Waals surface area contributed by atoms with Crippen molar-refractivity contribution in [2.24, 2.45) is 62.6 Å². The molecule has 1 aromatic rings. The molecule has 1 amide bonds. The van der Waals surface area contributed by atoms with Crippen LogP contribution in [-0.2, 0) is 30.5 Å². The predicted octanol–water partition coefficient (Wildman–Crippen LogP) is 8.61. The summed E-state index contributed by atoms with van der Waals surface area (Å²) in [5, 5.41) is 9.63. The second-order valence-corrected chi connectivity index (χ2v) is 21.1. The van der Waals surface area contributed by atoms with Gasteiger partial charge in [0, 0.05) is 24.1 Å². The molecule has 1 unspecified atom stereocenters. The van der Waals surface area contributed by atoms with E-state index in [1.807, 2.05) is 42.1 Å². The molecule has 9 heteroatoms. The lowest BCUT2D eigenvalue weighted by Gasteiger charge is -2.71. The van der Waals surface area contributed by atoms with E-state index in [4.69, 9.17) is 4.74 Å². The van der Waals surface area contributed by atoms with Crippen molar-refractivity contribution >= 4 is 23.6 Å². The van der Waals surface area contributed by atoms with Crippen molar-refractivity contribution in [3.63, 3.8) is 0 Å². The van der Waals surface area contributed by atoms with Gasteiger partial charge in [-0.3, -0.25) is 24.2 Å². The molecule has 0 aliphatic heterocycles. The highest BCUT2D eigenvalue weighted by molar-refractivity contribution is 6.01. The minimum Gasteiger partial charge on any atom is -0.481 e. The summed E-state index contributed by atoms with van der Waals surface area (Å²) in [7, 11) is 3.83. The molecule has 0 aromatic carbocycles. The molecule has 1 N–H and O–H groups in total. The van der Waals surface area contributed by atoms with Gasteiger partial charge in [0.05, 0.1) is 30.6 Å². The van der Waals surface area contributed by atoms with Crippen LogP contribution in [0.2, 0.25) is 0 Å². The summed E-state index contributed by atoms with van der Waals surface area (Å²) >= 11 is 0. The maximum atomic E-state index is 14.7. The molecule has 0 bridgehead atoms. The molecule has 4 fully saturated rings. The number of carboxylic acids is 1. The van der Waals surface area contributed by atoms with Crippen LogP contribution in [-0.4, -0.2) is 76.8 Å². The maximum absolute atomic E-state index is 14.7. The number of carboxylic acid groups (broad SMARTS) is 1. The fourth-order valence-electron chi connectivity index (χ4n) is 13.5. The van der Waals surface area contributed by atoms with E-state index < -0.39 is 17.4 Å². The molecule has 4 saturated carbocycles. The highest BCUT2D eigenvalue weighted by Gasteiger charge is 2.69. The maximum Gasteiger partial charge on any atom is 0.309 e. The van der Waals surface area contributed by atoms with Crippen LogP contribution in [0.25, 0.3) is 0 Å². The van der Waals surface area contributed by atoms with E-state index in [-0.39, 0.29) is 57.8 Å². The Labute approximate surface area is 336 Å². The monoisotopic (exact) mass is 774 g/mol. The van der Waals surface area contributed by atoms with Gasteiger partial charge in [0.15, 0.2) is 5.78 Å². The van der Waals surface area contributed by atoms with Crippen molar-refractivity contribution in [2.75, 3.05) is 27.2 Å². The van der Waals surface area contributed by atoms with Crippen LogP contribution >= 0.6 is 0 Å². The van der Waals surface area contributed by atoms with Crippen molar-refractivity contribution in [3.05, 3.63) is 41.2 Å². The number of esters is 1. The third-order valence-corrected chi connectivity index (χ3v) is 16.6. The highest BCUT2D eigenvalue weighted by atomic mass is 16.5. The summed E-state index contributed by atoms with van der Waals surface area (Å²) in [5.41, 5.74) is 2.27. The number of likely N-dealkylation sites (N-methyl/N-ethyl adjacent to an activating group) is 1. The number of aliphatic carboxylic acids is 1. The number of carbonyl (C=O) groups excluding carboxylic acids is 3. The zero-order valence-electron chi connectivity index (χ0n) is 36.4. The average Bonchev–Trinajstić information content (AvgIpc) is 3.38. The second kappa shape index (κ2) is 15.3. The number of hydrogen-bond donors (Lipinski definition) is 1. The third-order valence-electron chi connectivity index (χ3n) is 16.6. The van der Waals surface area contributed by atoms with Crippen LogP contribution < -0.4 is 0 Å². The van der Waals surface area contributed by atoms with Gasteiger partial charge >= 0.3 is 11.9 Å². The van der Waals surface area contributed by atoms with Crippen LogP contribution in [0, 0.1) is 62.6 Å². The molecule has 0 saturated heterocycles. The van der Waals surface area contributed by atoms with E-state index in [2.05, 4.69) is 53.5 Å². The average molecular weight is 774 g/mol. The number of rotatable bonds is 12. The van der Waals surface area contributed by atoms with Gasteiger partial charge in [0.25, 0.3) is 0 Å². The first-order valence-corrected chi connectivity index (χ1v) is 21.6. The summed E-state index contributed by atoms with van der Waals surface area (Å²) in [6, 6.07) is 5.82. The Morgan fingerprint density at radius 3 is 2.27 bits per heavy atom. The molecule has 6 rings (SSSR count). The quantitative estimate of drug-likeness (QED) is 0.210. The number of ketones is 1. The van der Waals surface area contributed by atoms with Crippen molar-refractivity contribution in [1.82, 2.24) is 14.8 Å². The molecule has 56 heavy (non-hydrogen) atoms. The van der Waals surface area contributed by atoms with Crippen molar-refractivity contribution in [2.45, 2.75) is 139 Å². The van der Waals surface area contributed by atoms with Crippen molar-refractivity contribution in [1.29, 1.82) is 0 Å². The van der Waals surface area contributed by atoms with E-state index in [1.54, 1.807) is 20.0 Å². The van der Waals surface area contributed by atoms with E-state index in [0.717, 1.165) is 62.6 Å². The van der Waals surface area contributed by atoms with Crippen LogP contribution in [0.3, 0.4) is 0 Å². The Hall–Kier alpha value is -3.07. The molecule has 5 aliphatic carbocycles. The second-order valence-electron chi connectivity index (χ2n) is 21.1. The number of aromatic nitrogens is 1. The Morgan fingerprint density at radius 1 is 0.946 bits per heavy atom. The third kappa shape index (κ3) is 7.19. The Bertz CT molecular complexity index is 1720. The molecule has 1 aromatic heterocycles. The number of fused-ring (bicyclic) bond motifs is 7. The molecule has 1 heterocycles. The van der Waals surface area contributed by atoms with Gasteiger partial charge in [-0.05, 0) is 149 Å². The Morgan fingerprint density at radius 2 is 1.64 bits per heavy atom. The largest absolute Gasteiger partial charge is 0.481 e. The fraction of sp³-hybridized carbons (Fsp3) is 0.766. The topological polar surface area (TPSA) is 117 Å². The minimum absolute atomic E-state index is 0.0624. The Kier molecular flexibility index (Phi) is 11.6. The summed E-state index contributed by atoms with van der Waals surface area (Å²) in [6.45, 7) is 21.2. The molecule has 0 radical (unpaired) electrons. The normalized spacial score (nSPS) is 35.1. The first-order valence-electron chi connectivity index (χ1n) is 21.6. The van der Waals surface area contributed by atoms with Crippen molar-refractivity contribution in [3.8, 4) is 0 Å². The van der Waals surface area contributed by atoms with Crippen LogP contribution in [0.4, 0.5) is 0 Å². The van der Waals surface area contributed by atoms with E-state index in [0.29, 0.717) is 49.6 Å². The Balaban J connectivity index is 1.23. The van der Waals surface area contributed by atoms with Gasteiger partial charge in [0.1, 0.15) is 6.10 Å². The first-order chi connectivity index (χ1) is 26.1. The van der Waals surface area contributed by atoms with E-state index >= 15 is 0 Å². The van der Waals surface area contributed by atoms with Crippen LogP contribution in [0.15, 0.2) is 35.5 Å². The van der Waals surface area contributed by atoms with Gasteiger partial charge in [-0.25, -0.2) is 0 Å². The number of amides is 1. The number of allylic oxidation sites excluding steroid dienone is 2. The van der Waals surface area contributed by atoms with E-state index in [9.17, 15) is 24.3 Å². The number of Topliss-reactive ketones (excluding diaryl/α,β-unsaturated/α-hetero) is 1. The summed E-state index contributed by atoms with van der Waals surface area (Å²) in [5.74, 6) is 0.567. The molecule has 5 aliphatic rings. The zero-order chi connectivity index (χ0) is 41.2. The molecule has 310 valence electrons. The lowest BCUT2D eigenvalue weighted by molar-refractivity contribution is -0.232. The standard InChI is InChI=1S/C47H71N3O6/c1-29(2)39-40-31(32(41(39)53)20-25-50(37(51)28-49(10)11)27-30-14-12-13-24-48-30)17-22-46(8)33(40)15-16-35-45(7)21-19-36(56-38(52)26-43(3,4)42(54)55)44(5,6)34(45)18-23-47(35,46)9/h12-14,24,29,31-36H,15-23,25-28H2,1-11H3,(H,54,55)/t31?,32-,33+,34-,35+,36-,45-,46+,47+/m0/s1. The van der Waals surface area contributed by atoms with Gasteiger partial charge in [0.2, 0.25) is 5.91 Å². The lowest BCUT2D eigenvalue weighted by Crippen LogP contribution is -2.65. The van der Waals surface area contributed by atoms with Gasteiger partial charge in [-0.2, -0.15) is 0 Å². The zero-order valence-corrected chi connectivity index (χ0v) is 36.4. The summed E-state index contributed by atoms with van der Waals surface area (Å²) in [6.07, 6.45) is 10.4. The number of pyridine rings is 1. The molecular formula is C47H71N3O6. The number of ether oxygens (including phenoxy) is 1. The SMILES string of the molecule is CC(C)C1=C2C(CC[C@]3(C)[C@@H]2CC[C@@H]2[C@@]4(C)CC[C@H](OC(=O)CC(C)(C)C(=O)O)C(C)(C)[C@@H]4CC[C@]23C)[C@H](CCN(Cc2ccccn2)C(=O)CN(C)C)C1=O. The molecule has 9 atom stereocenters. The van der Waals surface area contributed by atoms with Crippen LogP contribution in [0.1, 0.15) is 132 Å². The summed E-state index contributed by atoms with van der Waals surface area (Å²) < 4.78 is 6.18. The van der Waals surface area contributed by atoms with Gasteiger partial charge in [-0.15, -0.1) is 0 Å². The molecular weight excluding hydrogens is 703 g/mol. The molecule has 0 spiro atoms. The predicted molar refractivity (Wildman–Crippen MR) is 218 cm³/mol. The number of nitrogens with zero attached hydrogens (tertiary/aromatic N) is 3. The van der Waals surface area contributed by atoms with Gasteiger partial charge in [-0.1, -0.05) is 60.1 Å². The lowest BCUT2D eigenvalue weighted by atomic mass is 9.33. The number of hydrogen-bond acceptors (Lipinski definition) is 7.